The van der Waals surface area contributed by atoms with Crippen molar-refractivity contribution < 1.29 is 14.3 Å². The van der Waals surface area contributed by atoms with Gasteiger partial charge in [-0.2, -0.15) is 0 Å². The van der Waals surface area contributed by atoms with Crippen LogP contribution in [0, 0.1) is 0 Å². The number of amides is 1. The molecule has 2 aromatic carbocycles. The number of anilines is 1. The Hall–Kier alpha value is -2.69. The fourth-order valence-corrected chi connectivity index (χ4v) is 3.51. The molecule has 1 heterocycles. The van der Waals surface area contributed by atoms with Crippen molar-refractivity contribution in [3.8, 4) is 11.5 Å². The number of carbonyl (C=O) groups is 1. The summed E-state index contributed by atoms with van der Waals surface area (Å²) in [5, 5.41) is 0. The Labute approximate surface area is 161 Å². The van der Waals surface area contributed by atoms with Crippen molar-refractivity contribution in [3.05, 3.63) is 53.6 Å². The Kier molecular flexibility index (Phi) is 6.22. The van der Waals surface area contributed by atoms with E-state index in [1.54, 1.807) is 19.1 Å². The second kappa shape index (κ2) is 8.80. The van der Waals surface area contributed by atoms with E-state index in [4.69, 9.17) is 9.47 Å². The second-order valence-electron chi connectivity index (χ2n) is 6.95. The smallest absolute Gasteiger partial charge is 0.253 e. The van der Waals surface area contributed by atoms with Gasteiger partial charge in [-0.05, 0) is 61.2 Å². The topological polar surface area (TPSA) is 42.0 Å². The van der Waals surface area contributed by atoms with E-state index in [9.17, 15) is 4.79 Å². The van der Waals surface area contributed by atoms with Crippen molar-refractivity contribution in [2.75, 3.05) is 39.3 Å². The first kappa shape index (κ1) is 19.1. The average Bonchev–Trinajstić information content (AvgIpc) is 2.73. The highest BCUT2D eigenvalue weighted by Crippen LogP contribution is 2.28. The molecule has 0 unspecified atom stereocenters. The van der Waals surface area contributed by atoms with Gasteiger partial charge in [0.1, 0.15) is 0 Å². The molecule has 144 valence electrons. The number of ether oxygens (including phenoxy) is 2. The van der Waals surface area contributed by atoms with Gasteiger partial charge in [-0.3, -0.25) is 4.79 Å². The van der Waals surface area contributed by atoms with Gasteiger partial charge in [-0.25, -0.2) is 0 Å². The van der Waals surface area contributed by atoms with Crippen molar-refractivity contribution in [2.24, 2.45) is 0 Å². The van der Waals surface area contributed by atoms with E-state index in [0.717, 1.165) is 18.7 Å². The molecule has 5 heteroatoms. The molecule has 0 saturated carbocycles. The largest absolute Gasteiger partial charge is 0.493 e. The van der Waals surface area contributed by atoms with E-state index in [1.807, 2.05) is 37.4 Å². The molecular formula is C22H28N2O3. The molecule has 0 radical (unpaired) electrons. The fourth-order valence-electron chi connectivity index (χ4n) is 3.51. The predicted molar refractivity (Wildman–Crippen MR) is 108 cm³/mol. The third kappa shape index (κ3) is 4.54. The number of rotatable bonds is 6. The summed E-state index contributed by atoms with van der Waals surface area (Å²) in [5.74, 6) is 1.36. The Morgan fingerprint density at radius 3 is 2.26 bits per heavy atom. The van der Waals surface area contributed by atoms with Crippen LogP contribution in [0.25, 0.3) is 0 Å². The van der Waals surface area contributed by atoms with E-state index in [2.05, 4.69) is 17.0 Å². The van der Waals surface area contributed by atoms with Gasteiger partial charge >= 0.3 is 0 Å². The van der Waals surface area contributed by atoms with E-state index in [-0.39, 0.29) is 5.91 Å². The first-order valence-electron chi connectivity index (χ1n) is 9.43. The molecule has 1 fully saturated rings. The lowest BCUT2D eigenvalue weighted by Gasteiger charge is -2.29. The van der Waals surface area contributed by atoms with Crippen LogP contribution in [0.2, 0.25) is 0 Å². The molecule has 1 amide bonds. The van der Waals surface area contributed by atoms with Crippen LogP contribution in [0.4, 0.5) is 5.69 Å². The summed E-state index contributed by atoms with van der Waals surface area (Å²) in [6, 6.07) is 13.7. The van der Waals surface area contributed by atoms with Crippen LogP contribution >= 0.6 is 0 Å². The highest BCUT2D eigenvalue weighted by atomic mass is 16.5. The second-order valence-corrected chi connectivity index (χ2v) is 6.95. The maximum atomic E-state index is 12.8. The summed E-state index contributed by atoms with van der Waals surface area (Å²) in [4.78, 5) is 16.9. The zero-order valence-electron chi connectivity index (χ0n) is 16.4. The van der Waals surface area contributed by atoms with Gasteiger partial charge in [-0.1, -0.05) is 6.07 Å². The van der Waals surface area contributed by atoms with Gasteiger partial charge in [0.05, 0.1) is 14.2 Å². The highest BCUT2D eigenvalue weighted by Gasteiger charge is 2.15. The first-order chi connectivity index (χ1) is 13.1. The number of nitrogens with zero attached hydrogens (tertiary/aromatic N) is 2. The minimum atomic E-state index is 0.00924. The molecule has 0 atom stereocenters. The van der Waals surface area contributed by atoms with Crippen LogP contribution < -0.4 is 14.4 Å². The molecule has 27 heavy (non-hydrogen) atoms. The van der Waals surface area contributed by atoms with E-state index in [1.165, 1.54) is 24.9 Å². The minimum absolute atomic E-state index is 0.00924. The SMILES string of the molecule is COc1ccc(CN(C)C(=O)c2ccc(N3CCCCC3)cc2)cc1OC. The van der Waals surface area contributed by atoms with E-state index >= 15 is 0 Å². The summed E-state index contributed by atoms with van der Waals surface area (Å²) < 4.78 is 10.6. The predicted octanol–water partition coefficient (Wildman–Crippen LogP) is 3.97. The van der Waals surface area contributed by atoms with Gasteiger partial charge in [0, 0.05) is 37.9 Å². The Bertz CT molecular complexity index is 768. The lowest BCUT2D eigenvalue weighted by molar-refractivity contribution is 0.0785. The van der Waals surface area contributed by atoms with Gasteiger partial charge in [0.15, 0.2) is 11.5 Å². The quantitative estimate of drug-likeness (QED) is 0.774. The van der Waals surface area contributed by atoms with Crippen molar-refractivity contribution in [3.63, 3.8) is 0 Å². The fraction of sp³-hybridized carbons (Fsp3) is 0.409. The molecule has 0 spiro atoms. The number of hydrogen-bond acceptors (Lipinski definition) is 4. The van der Waals surface area contributed by atoms with Gasteiger partial charge in [-0.15, -0.1) is 0 Å². The minimum Gasteiger partial charge on any atom is -0.493 e. The molecule has 0 aromatic heterocycles. The first-order valence-corrected chi connectivity index (χ1v) is 9.43. The Morgan fingerprint density at radius 1 is 0.963 bits per heavy atom. The average molecular weight is 368 g/mol. The molecule has 1 aliphatic heterocycles. The van der Waals surface area contributed by atoms with E-state index in [0.29, 0.717) is 23.6 Å². The van der Waals surface area contributed by atoms with Gasteiger partial charge < -0.3 is 19.3 Å². The monoisotopic (exact) mass is 368 g/mol. The van der Waals surface area contributed by atoms with Crippen molar-refractivity contribution in [2.45, 2.75) is 25.8 Å². The third-order valence-corrected chi connectivity index (χ3v) is 5.05. The zero-order chi connectivity index (χ0) is 19.2. The number of benzene rings is 2. The number of hydrogen-bond donors (Lipinski definition) is 0. The molecule has 5 nitrogen and oxygen atoms in total. The van der Waals surface area contributed by atoms with Crippen molar-refractivity contribution >= 4 is 11.6 Å². The normalized spacial score (nSPS) is 14.0. The zero-order valence-corrected chi connectivity index (χ0v) is 16.4. The molecular weight excluding hydrogens is 340 g/mol. The van der Waals surface area contributed by atoms with Gasteiger partial charge in [0.25, 0.3) is 5.91 Å². The Balaban J connectivity index is 1.66. The number of carbonyl (C=O) groups excluding carboxylic acids is 1. The van der Waals surface area contributed by atoms with Crippen LogP contribution in [-0.4, -0.2) is 45.2 Å². The van der Waals surface area contributed by atoms with Crippen LogP contribution in [0.5, 0.6) is 11.5 Å². The highest BCUT2D eigenvalue weighted by molar-refractivity contribution is 5.94. The standard InChI is InChI=1S/C22H28N2O3/c1-23(16-17-7-12-20(26-2)21(15-17)27-3)22(25)18-8-10-19(11-9-18)24-13-5-4-6-14-24/h7-12,15H,4-6,13-14,16H2,1-3H3. The molecule has 0 N–H and O–H groups in total. The third-order valence-electron chi connectivity index (χ3n) is 5.05. The lowest BCUT2D eigenvalue weighted by atomic mass is 10.1. The molecule has 1 aliphatic rings. The Morgan fingerprint density at radius 2 is 1.63 bits per heavy atom. The number of piperidine rings is 1. The molecule has 0 bridgehead atoms. The summed E-state index contributed by atoms with van der Waals surface area (Å²) >= 11 is 0. The maximum Gasteiger partial charge on any atom is 0.253 e. The van der Waals surface area contributed by atoms with E-state index < -0.39 is 0 Å². The van der Waals surface area contributed by atoms with Gasteiger partial charge in [0.2, 0.25) is 0 Å². The maximum absolute atomic E-state index is 12.8. The molecule has 1 saturated heterocycles. The summed E-state index contributed by atoms with van der Waals surface area (Å²) in [6.07, 6.45) is 3.80. The van der Waals surface area contributed by atoms with Crippen LogP contribution in [0.3, 0.4) is 0 Å². The van der Waals surface area contributed by atoms with Crippen LogP contribution in [0.1, 0.15) is 35.2 Å². The molecule has 0 aliphatic carbocycles. The lowest BCUT2D eigenvalue weighted by Crippen LogP contribution is -2.29. The number of methoxy groups -OCH3 is 2. The molecule has 2 aromatic rings. The summed E-state index contributed by atoms with van der Waals surface area (Å²) in [7, 11) is 5.04. The summed E-state index contributed by atoms with van der Waals surface area (Å²) in [5.41, 5.74) is 2.90. The van der Waals surface area contributed by atoms with Crippen LogP contribution in [-0.2, 0) is 6.54 Å². The summed E-state index contributed by atoms with van der Waals surface area (Å²) in [6.45, 7) is 2.71. The van der Waals surface area contributed by atoms with Crippen LogP contribution in [0.15, 0.2) is 42.5 Å². The van der Waals surface area contributed by atoms with Crippen molar-refractivity contribution in [1.29, 1.82) is 0 Å². The van der Waals surface area contributed by atoms with Crippen molar-refractivity contribution in [1.82, 2.24) is 4.90 Å². The molecule has 3 rings (SSSR count).